The average Bonchev–Trinajstić information content (AvgIpc) is 3.02. The van der Waals surface area contributed by atoms with E-state index < -0.39 is 0 Å². The third kappa shape index (κ3) is 6.05. The number of nitrogens with zero attached hydrogens (tertiary/aromatic N) is 1. The van der Waals surface area contributed by atoms with Crippen LogP contribution in [-0.4, -0.2) is 34.7 Å². The summed E-state index contributed by atoms with van der Waals surface area (Å²) in [4.78, 5) is 26.9. The van der Waals surface area contributed by atoms with Gasteiger partial charge in [-0.3, -0.25) is 14.5 Å². The summed E-state index contributed by atoms with van der Waals surface area (Å²) in [7, 11) is 1.59. The van der Waals surface area contributed by atoms with Gasteiger partial charge >= 0.3 is 0 Å². The first kappa shape index (κ1) is 21.8. The van der Waals surface area contributed by atoms with E-state index in [4.69, 9.17) is 17.0 Å². The highest BCUT2D eigenvalue weighted by Gasteiger charge is 2.31. The van der Waals surface area contributed by atoms with Crippen molar-refractivity contribution in [3.8, 4) is 5.75 Å². The highest BCUT2D eigenvalue weighted by Crippen LogP contribution is 2.31. The molecule has 1 N–H and O–H groups in total. The molecule has 2 aromatic carbocycles. The van der Waals surface area contributed by atoms with Gasteiger partial charge in [0, 0.05) is 18.7 Å². The van der Waals surface area contributed by atoms with Crippen LogP contribution in [0.5, 0.6) is 5.75 Å². The summed E-state index contributed by atoms with van der Waals surface area (Å²) in [6.07, 6.45) is 6.40. The van der Waals surface area contributed by atoms with Gasteiger partial charge in [0.2, 0.25) is 5.91 Å². The molecular formula is C23H22N2O3S2. The van der Waals surface area contributed by atoms with Crippen molar-refractivity contribution >= 4 is 51.9 Å². The molecule has 1 aliphatic rings. The Morgan fingerprint density at radius 2 is 1.90 bits per heavy atom. The van der Waals surface area contributed by atoms with Crippen LogP contribution in [0.25, 0.3) is 6.08 Å². The Kier molecular flexibility index (Phi) is 7.82. The summed E-state index contributed by atoms with van der Waals surface area (Å²) in [5.41, 5.74) is 1.77. The molecule has 2 aromatic rings. The van der Waals surface area contributed by atoms with Gasteiger partial charge < -0.3 is 10.1 Å². The van der Waals surface area contributed by atoms with Gasteiger partial charge in [-0.05, 0) is 42.3 Å². The van der Waals surface area contributed by atoms with E-state index in [1.54, 1.807) is 42.4 Å². The molecule has 3 rings (SSSR count). The number of nitrogens with one attached hydrogen (secondary N) is 1. The predicted molar refractivity (Wildman–Crippen MR) is 126 cm³/mol. The standard InChI is InChI=1S/C23H22N2O3S2/c1-28-19-14-12-18(13-15-19)24-21(26)11-6-16-25-22(27)20(30-23(25)29)10-5-9-17-7-3-2-4-8-17/h2-5,7-10,12-15H,6,11,16H2,1H3,(H,24,26). The highest BCUT2D eigenvalue weighted by molar-refractivity contribution is 8.26. The zero-order valence-electron chi connectivity index (χ0n) is 16.5. The minimum atomic E-state index is -0.113. The SMILES string of the molecule is COc1ccc(NC(=O)CCCN2C(=O)C(=CC=Cc3ccccc3)SC2=S)cc1. The number of thioether (sulfide) groups is 1. The van der Waals surface area contributed by atoms with Crippen LogP contribution in [0.1, 0.15) is 18.4 Å². The van der Waals surface area contributed by atoms with E-state index in [2.05, 4.69) is 5.32 Å². The summed E-state index contributed by atoms with van der Waals surface area (Å²) in [5.74, 6) is 0.513. The monoisotopic (exact) mass is 438 g/mol. The van der Waals surface area contributed by atoms with Crippen molar-refractivity contribution < 1.29 is 14.3 Å². The number of ether oxygens (including phenoxy) is 1. The number of hydrogen-bond acceptors (Lipinski definition) is 5. The van der Waals surface area contributed by atoms with Crippen molar-refractivity contribution in [2.24, 2.45) is 0 Å². The normalized spacial score (nSPS) is 15.2. The topological polar surface area (TPSA) is 58.6 Å². The smallest absolute Gasteiger partial charge is 0.266 e. The maximum absolute atomic E-state index is 12.6. The molecule has 1 fully saturated rings. The average molecular weight is 439 g/mol. The fourth-order valence-corrected chi connectivity index (χ4v) is 4.07. The first-order valence-electron chi connectivity index (χ1n) is 9.48. The third-order valence-corrected chi connectivity index (χ3v) is 5.76. The number of hydrogen-bond donors (Lipinski definition) is 1. The van der Waals surface area contributed by atoms with Crippen molar-refractivity contribution in [2.45, 2.75) is 12.8 Å². The van der Waals surface area contributed by atoms with Gasteiger partial charge in [0.15, 0.2) is 0 Å². The van der Waals surface area contributed by atoms with Crippen molar-refractivity contribution in [1.82, 2.24) is 4.90 Å². The minimum Gasteiger partial charge on any atom is -0.497 e. The molecule has 0 aromatic heterocycles. The maximum atomic E-state index is 12.6. The molecule has 0 unspecified atom stereocenters. The summed E-state index contributed by atoms with van der Waals surface area (Å²) >= 11 is 6.62. The van der Waals surface area contributed by atoms with Crippen LogP contribution in [0.2, 0.25) is 0 Å². The number of benzene rings is 2. The van der Waals surface area contributed by atoms with E-state index in [1.807, 2.05) is 42.5 Å². The van der Waals surface area contributed by atoms with Crippen LogP contribution in [0, 0.1) is 0 Å². The molecule has 0 bridgehead atoms. The molecule has 2 amide bonds. The maximum Gasteiger partial charge on any atom is 0.266 e. The number of rotatable bonds is 8. The Bertz CT molecular complexity index is 970. The van der Waals surface area contributed by atoms with Crippen LogP contribution >= 0.6 is 24.0 Å². The fraction of sp³-hybridized carbons (Fsp3) is 0.174. The van der Waals surface area contributed by atoms with Gasteiger partial charge in [0.05, 0.1) is 12.0 Å². The zero-order chi connectivity index (χ0) is 21.3. The number of methoxy groups -OCH3 is 1. The van der Waals surface area contributed by atoms with Gasteiger partial charge in [-0.1, -0.05) is 66.5 Å². The molecule has 0 radical (unpaired) electrons. The number of anilines is 1. The van der Waals surface area contributed by atoms with Crippen LogP contribution in [0.15, 0.2) is 71.7 Å². The van der Waals surface area contributed by atoms with E-state index in [9.17, 15) is 9.59 Å². The molecule has 5 nitrogen and oxygen atoms in total. The second-order valence-electron chi connectivity index (χ2n) is 6.51. The van der Waals surface area contributed by atoms with Crippen LogP contribution in [0.4, 0.5) is 5.69 Å². The van der Waals surface area contributed by atoms with E-state index in [0.717, 1.165) is 11.3 Å². The predicted octanol–water partition coefficient (Wildman–Crippen LogP) is 4.87. The van der Waals surface area contributed by atoms with Crippen molar-refractivity contribution in [3.63, 3.8) is 0 Å². The molecular weight excluding hydrogens is 416 g/mol. The first-order valence-corrected chi connectivity index (χ1v) is 10.7. The molecule has 0 spiro atoms. The quantitative estimate of drug-likeness (QED) is 0.471. The van der Waals surface area contributed by atoms with Gasteiger partial charge in [0.1, 0.15) is 10.1 Å². The molecule has 7 heteroatoms. The summed E-state index contributed by atoms with van der Waals surface area (Å²) < 4.78 is 5.62. The molecule has 1 heterocycles. The van der Waals surface area contributed by atoms with E-state index in [-0.39, 0.29) is 11.8 Å². The van der Waals surface area contributed by atoms with Crippen LogP contribution in [0.3, 0.4) is 0 Å². The fourth-order valence-electron chi connectivity index (χ4n) is 2.81. The second-order valence-corrected chi connectivity index (χ2v) is 8.18. The lowest BCUT2D eigenvalue weighted by atomic mass is 10.2. The molecule has 1 saturated heterocycles. The number of allylic oxidation sites excluding steroid dienone is 2. The van der Waals surface area contributed by atoms with Gasteiger partial charge in [-0.15, -0.1) is 0 Å². The van der Waals surface area contributed by atoms with E-state index in [1.165, 1.54) is 11.8 Å². The molecule has 1 aliphatic heterocycles. The third-order valence-electron chi connectivity index (χ3n) is 4.37. The molecule has 0 aliphatic carbocycles. The van der Waals surface area contributed by atoms with Crippen molar-refractivity contribution in [3.05, 3.63) is 77.2 Å². The molecule has 154 valence electrons. The van der Waals surface area contributed by atoms with Gasteiger partial charge in [-0.2, -0.15) is 0 Å². The van der Waals surface area contributed by atoms with E-state index in [0.29, 0.717) is 34.3 Å². The van der Waals surface area contributed by atoms with Gasteiger partial charge in [0.25, 0.3) is 5.91 Å². The lowest BCUT2D eigenvalue weighted by Gasteiger charge is -2.14. The number of carbonyl (C=O) groups is 2. The molecule has 0 saturated carbocycles. The second kappa shape index (κ2) is 10.8. The number of amides is 2. The van der Waals surface area contributed by atoms with Gasteiger partial charge in [-0.25, -0.2) is 0 Å². The van der Waals surface area contributed by atoms with E-state index >= 15 is 0 Å². The lowest BCUT2D eigenvalue weighted by Crippen LogP contribution is -2.29. The Morgan fingerprint density at radius 3 is 2.60 bits per heavy atom. The zero-order valence-corrected chi connectivity index (χ0v) is 18.2. The Balaban J connectivity index is 1.47. The highest BCUT2D eigenvalue weighted by atomic mass is 32.2. The minimum absolute atomic E-state index is 0.105. The van der Waals surface area contributed by atoms with Crippen molar-refractivity contribution in [2.75, 3.05) is 19.0 Å². The summed E-state index contributed by atoms with van der Waals surface area (Å²) in [5, 5.41) is 2.84. The van der Waals surface area contributed by atoms with Crippen molar-refractivity contribution in [1.29, 1.82) is 0 Å². The molecule has 0 atom stereocenters. The number of thiocarbonyl (C=S) groups is 1. The Labute approximate surface area is 185 Å². The Morgan fingerprint density at radius 1 is 1.17 bits per heavy atom. The van der Waals surface area contributed by atoms with Crippen LogP contribution in [-0.2, 0) is 9.59 Å². The summed E-state index contributed by atoms with van der Waals surface area (Å²) in [6.45, 7) is 0.417. The largest absolute Gasteiger partial charge is 0.497 e. The first-order chi connectivity index (χ1) is 14.6. The van der Waals surface area contributed by atoms with Crippen LogP contribution < -0.4 is 10.1 Å². The lowest BCUT2D eigenvalue weighted by molar-refractivity contribution is -0.122. The Hall–Kier alpha value is -2.90. The number of carbonyl (C=O) groups excluding carboxylic acids is 2. The molecule has 30 heavy (non-hydrogen) atoms. The summed E-state index contributed by atoms with van der Waals surface area (Å²) in [6, 6.07) is 17.0.